The Morgan fingerprint density at radius 1 is 1.32 bits per heavy atom. The van der Waals surface area contributed by atoms with E-state index < -0.39 is 0 Å². The summed E-state index contributed by atoms with van der Waals surface area (Å²) in [6, 6.07) is 5.18. The van der Waals surface area contributed by atoms with Crippen LogP contribution in [-0.4, -0.2) is 31.1 Å². The predicted octanol–water partition coefficient (Wildman–Crippen LogP) is 2.60. The quantitative estimate of drug-likeness (QED) is 0.932. The Morgan fingerprint density at radius 2 is 1.95 bits per heavy atom. The van der Waals surface area contributed by atoms with Gasteiger partial charge in [-0.25, -0.2) is 4.39 Å². The van der Waals surface area contributed by atoms with Crippen LogP contribution < -0.4 is 10.5 Å². The molecule has 0 radical (unpaired) electrons. The number of likely N-dealkylation sites (tertiary alicyclic amines) is 1. The number of ether oxygens (including phenoxy) is 1. The van der Waals surface area contributed by atoms with Crippen LogP contribution in [0.2, 0.25) is 0 Å². The average Bonchev–Trinajstić information content (AvgIpc) is 2.35. The molecule has 1 aliphatic rings. The molecule has 110 valence electrons. The lowest BCUT2D eigenvalue weighted by atomic mass is 10.1. The predicted molar refractivity (Wildman–Crippen MR) is 79.9 cm³/mol. The average molecular weight is 311 g/mol. The van der Waals surface area contributed by atoms with Crippen LogP contribution in [0.15, 0.2) is 18.2 Å². The van der Waals surface area contributed by atoms with Crippen molar-refractivity contribution in [2.75, 3.05) is 20.2 Å². The molecule has 0 amide bonds. The number of hydrogen-bond donors (Lipinski definition) is 1. The van der Waals surface area contributed by atoms with Crippen molar-refractivity contribution in [1.82, 2.24) is 4.90 Å². The molecular weight excluding hydrogens is 290 g/mol. The van der Waals surface area contributed by atoms with Gasteiger partial charge in [-0.05, 0) is 44.1 Å². The van der Waals surface area contributed by atoms with Gasteiger partial charge in [0.2, 0.25) is 0 Å². The van der Waals surface area contributed by atoms with Crippen LogP contribution >= 0.6 is 24.8 Å². The highest BCUT2D eigenvalue weighted by Crippen LogP contribution is 2.19. The number of nitrogens with zero attached hydrogens (tertiary/aromatic N) is 1. The SMILES string of the molecule is COc1ccc(F)c(CN2CCC(N)CC2)c1.Cl.Cl. The highest BCUT2D eigenvalue weighted by atomic mass is 35.5. The van der Waals surface area contributed by atoms with E-state index in [2.05, 4.69) is 4.90 Å². The van der Waals surface area contributed by atoms with Crippen molar-refractivity contribution in [2.45, 2.75) is 25.4 Å². The first-order valence-electron chi connectivity index (χ1n) is 5.99. The van der Waals surface area contributed by atoms with Gasteiger partial charge in [-0.3, -0.25) is 4.90 Å². The first kappa shape index (κ1) is 18.4. The van der Waals surface area contributed by atoms with Crippen LogP contribution in [0.4, 0.5) is 4.39 Å². The Balaban J connectivity index is 0.00000162. The highest BCUT2D eigenvalue weighted by molar-refractivity contribution is 5.85. The van der Waals surface area contributed by atoms with Crippen LogP contribution in [0.3, 0.4) is 0 Å². The van der Waals surface area contributed by atoms with E-state index in [-0.39, 0.29) is 30.6 Å². The summed E-state index contributed by atoms with van der Waals surface area (Å²) in [6.07, 6.45) is 1.98. The fraction of sp³-hybridized carbons (Fsp3) is 0.538. The van der Waals surface area contributed by atoms with Crippen LogP contribution in [0, 0.1) is 5.82 Å². The second-order valence-electron chi connectivity index (χ2n) is 4.57. The number of nitrogens with two attached hydrogens (primary N) is 1. The molecule has 0 spiro atoms. The van der Waals surface area contributed by atoms with Crippen molar-refractivity contribution >= 4 is 24.8 Å². The van der Waals surface area contributed by atoms with Gasteiger partial charge in [0.25, 0.3) is 0 Å². The summed E-state index contributed by atoms with van der Waals surface area (Å²) in [5.41, 5.74) is 6.54. The van der Waals surface area contributed by atoms with Gasteiger partial charge in [0.05, 0.1) is 7.11 Å². The molecule has 0 unspecified atom stereocenters. The van der Waals surface area contributed by atoms with E-state index in [0.29, 0.717) is 23.9 Å². The summed E-state index contributed by atoms with van der Waals surface area (Å²) in [5.74, 6) is 0.538. The molecule has 0 atom stereocenters. The molecule has 2 N–H and O–H groups in total. The zero-order chi connectivity index (χ0) is 12.3. The summed E-state index contributed by atoms with van der Waals surface area (Å²) in [5, 5.41) is 0. The van der Waals surface area contributed by atoms with Gasteiger partial charge in [-0.15, -0.1) is 24.8 Å². The van der Waals surface area contributed by atoms with E-state index in [1.807, 2.05) is 0 Å². The molecule has 1 fully saturated rings. The molecule has 0 aliphatic carbocycles. The first-order valence-corrected chi connectivity index (χ1v) is 5.99. The third-order valence-electron chi connectivity index (χ3n) is 3.28. The largest absolute Gasteiger partial charge is 0.497 e. The molecular formula is C13H21Cl2FN2O. The lowest BCUT2D eigenvalue weighted by Crippen LogP contribution is -2.39. The van der Waals surface area contributed by atoms with E-state index in [9.17, 15) is 4.39 Å². The summed E-state index contributed by atoms with van der Waals surface area (Å²) >= 11 is 0. The minimum absolute atomic E-state index is 0. The van der Waals surface area contributed by atoms with Gasteiger partial charge in [0.15, 0.2) is 0 Å². The maximum atomic E-state index is 13.6. The van der Waals surface area contributed by atoms with E-state index in [4.69, 9.17) is 10.5 Å². The maximum Gasteiger partial charge on any atom is 0.127 e. The van der Waals surface area contributed by atoms with E-state index in [1.165, 1.54) is 6.07 Å². The Bertz CT molecular complexity index is 385. The molecule has 2 rings (SSSR count). The van der Waals surface area contributed by atoms with Gasteiger partial charge in [-0.1, -0.05) is 0 Å². The molecule has 1 aromatic rings. The molecule has 0 aromatic heterocycles. The molecule has 6 heteroatoms. The Kier molecular flexibility index (Phi) is 8.34. The second-order valence-corrected chi connectivity index (χ2v) is 4.57. The fourth-order valence-corrected chi connectivity index (χ4v) is 2.15. The van der Waals surface area contributed by atoms with Crippen LogP contribution in [0.25, 0.3) is 0 Å². The van der Waals surface area contributed by atoms with E-state index in [0.717, 1.165) is 25.9 Å². The highest BCUT2D eigenvalue weighted by Gasteiger charge is 2.17. The molecule has 0 saturated carbocycles. The van der Waals surface area contributed by atoms with E-state index >= 15 is 0 Å². The molecule has 1 saturated heterocycles. The standard InChI is InChI=1S/C13H19FN2O.2ClH/c1-17-12-2-3-13(14)10(8-12)9-16-6-4-11(15)5-7-16;;/h2-3,8,11H,4-7,9,15H2,1H3;2*1H. The maximum absolute atomic E-state index is 13.6. The Morgan fingerprint density at radius 3 is 2.53 bits per heavy atom. The number of hydrogen-bond acceptors (Lipinski definition) is 3. The molecule has 19 heavy (non-hydrogen) atoms. The van der Waals surface area contributed by atoms with Crippen molar-refractivity contribution in [2.24, 2.45) is 5.73 Å². The third kappa shape index (κ3) is 5.15. The third-order valence-corrected chi connectivity index (χ3v) is 3.28. The lowest BCUT2D eigenvalue weighted by Gasteiger charge is -2.30. The minimum atomic E-state index is -0.166. The van der Waals surface area contributed by atoms with Crippen molar-refractivity contribution < 1.29 is 9.13 Å². The normalized spacial score (nSPS) is 16.4. The zero-order valence-corrected chi connectivity index (χ0v) is 12.6. The van der Waals surface area contributed by atoms with Crippen LogP contribution in [-0.2, 0) is 6.54 Å². The van der Waals surface area contributed by atoms with Crippen molar-refractivity contribution in [1.29, 1.82) is 0 Å². The zero-order valence-electron chi connectivity index (χ0n) is 11.0. The smallest absolute Gasteiger partial charge is 0.127 e. The van der Waals surface area contributed by atoms with Crippen LogP contribution in [0.1, 0.15) is 18.4 Å². The summed E-state index contributed by atoms with van der Waals surface area (Å²) in [6.45, 7) is 2.52. The van der Waals surface area contributed by atoms with Gasteiger partial charge in [0.1, 0.15) is 11.6 Å². The van der Waals surface area contributed by atoms with Crippen molar-refractivity contribution in [3.63, 3.8) is 0 Å². The van der Waals surface area contributed by atoms with Gasteiger partial charge >= 0.3 is 0 Å². The molecule has 1 aromatic carbocycles. The van der Waals surface area contributed by atoms with Gasteiger partial charge < -0.3 is 10.5 Å². The Labute approximate surface area is 126 Å². The number of piperidine rings is 1. The summed E-state index contributed by atoms with van der Waals surface area (Å²) in [4.78, 5) is 2.24. The number of benzene rings is 1. The van der Waals surface area contributed by atoms with E-state index in [1.54, 1.807) is 19.2 Å². The molecule has 1 heterocycles. The monoisotopic (exact) mass is 310 g/mol. The number of rotatable bonds is 3. The summed E-state index contributed by atoms with van der Waals surface area (Å²) < 4.78 is 18.7. The lowest BCUT2D eigenvalue weighted by molar-refractivity contribution is 0.203. The molecule has 0 bridgehead atoms. The number of methoxy groups -OCH3 is 1. The van der Waals surface area contributed by atoms with Gasteiger partial charge in [0, 0.05) is 18.2 Å². The fourth-order valence-electron chi connectivity index (χ4n) is 2.15. The van der Waals surface area contributed by atoms with Crippen LogP contribution in [0.5, 0.6) is 5.75 Å². The Hall–Kier alpha value is -0.550. The minimum Gasteiger partial charge on any atom is -0.497 e. The second kappa shape index (κ2) is 8.59. The molecule has 3 nitrogen and oxygen atoms in total. The van der Waals surface area contributed by atoms with Crippen molar-refractivity contribution in [3.8, 4) is 5.75 Å². The molecule has 1 aliphatic heterocycles. The summed E-state index contributed by atoms with van der Waals surface area (Å²) in [7, 11) is 1.59. The topological polar surface area (TPSA) is 38.5 Å². The number of halogens is 3. The van der Waals surface area contributed by atoms with Crippen molar-refractivity contribution in [3.05, 3.63) is 29.6 Å². The first-order chi connectivity index (χ1) is 8.19. The van der Waals surface area contributed by atoms with Gasteiger partial charge in [-0.2, -0.15) is 0 Å².